The zero-order valence-electron chi connectivity index (χ0n) is 12.5. The Bertz CT molecular complexity index is 301. The quantitative estimate of drug-likeness (QED) is 0.603. The first-order chi connectivity index (χ1) is 9.58. The summed E-state index contributed by atoms with van der Waals surface area (Å²) in [5.41, 5.74) is 0. The lowest BCUT2D eigenvalue weighted by Gasteiger charge is -2.22. The molecule has 5 heteroatoms. The number of amides is 1. The first-order valence-corrected chi connectivity index (χ1v) is 7.77. The fourth-order valence-corrected chi connectivity index (χ4v) is 2.57. The van der Waals surface area contributed by atoms with Crippen molar-refractivity contribution in [3.8, 4) is 0 Å². The summed E-state index contributed by atoms with van der Waals surface area (Å²) in [7, 11) is 0. The summed E-state index contributed by atoms with van der Waals surface area (Å²) in [6, 6.07) is 0. The van der Waals surface area contributed by atoms with Gasteiger partial charge in [-0.3, -0.25) is 9.59 Å². The molecule has 0 aromatic heterocycles. The molecule has 1 saturated heterocycles. The van der Waals surface area contributed by atoms with Crippen LogP contribution in [0.4, 0.5) is 0 Å². The predicted molar refractivity (Wildman–Crippen MR) is 78.5 cm³/mol. The van der Waals surface area contributed by atoms with Crippen LogP contribution in [-0.4, -0.2) is 36.6 Å². The molecule has 116 valence electrons. The zero-order chi connectivity index (χ0) is 14.8. The molecule has 1 amide bonds. The van der Waals surface area contributed by atoms with Crippen LogP contribution in [0.5, 0.6) is 0 Å². The highest BCUT2D eigenvalue weighted by molar-refractivity contribution is 5.75. The van der Waals surface area contributed by atoms with Crippen LogP contribution < -0.4 is 10.6 Å². The Labute approximate surface area is 121 Å². The minimum absolute atomic E-state index is 0.126. The van der Waals surface area contributed by atoms with Crippen LogP contribution in [0.25, 0.3) is 0 Å². The van der Waals surface area contributed by atoms with Crippen molar-refractivity contribution in [1.82, 2.24) is 10.6 Å². The Morgan fingerprint density at radius 2 is 2.15 bits per heavy atom. The molecule has 1 fully saturated rings. The van der Waals surface area contributed by atoms with Gasteiger partial charge in [0.25, 0.3) is 0 Å². The lowest BCUT2D eigenvalue weighted by Crippen LogP contribution is -2.31. The Kier molecular flexibility index (Phi) is 8.26. The number of aliphatic carboxylic acids is 1. The highest BCUT2D eigenvalue weighted by atomic mass is 16.4. The third-order valence-corrected chi connectivity index (χ3v) is 3.99. The monoisotopic (exact) mass is 284 g/mol. The lowest BCUT2D eigenvalue weighted by molar-refractivity contribution is -0.137. The number of hydrogen-bond acceptors (Lipinski definition) is 3. The molecule has 0 saturated carbocycles. The summed E-state index contributed by atoms with van der Waals surface area (Å²) in [5, 5.41) is 14.9. The second-order valence-corrected chi connectivity index (χ2v) is 5.93. The van der Waals surface area contributed by atoms with Crippen LogP contribution in [0.15, 0.2) is 0 Å². The fourth-order valence-electron chi connectivity index (χ4n) is 2.57. The van der Waals surface area contributed by atoms with Gasteiger partial charge in [0.1, 0.15) is 0 Å². The molecule has 0 aromatic rings. The summed E-state index contributed by atoms with van der Waals surface area (Å²) < 4.78 is 0. The highest BCUT2D eigenvalue weighted by Gasteiger charge is 2.14. The van der Waals surface area contributed by atoms with E-state index in [4.69, 9.17) is 5.11 Å². The number of piperidine rings is 1. The van der Waals surface area contributed by atoms with Gasteiger partial charge in [0.2, 0.25) is 5.91 Å². The molecule has 0 spiro atoms. The van der Waals surface area contributed by atoms with Gasteiger partial charge in [-0.1, -0.05) is 6.92 Å². The fraction of sp³-hybridized carbons (Fsp3) is 0.867. The Morgan fingerprint density at radius 1 is 1.35 bits per heavy atom. The zero-order valence-corrected chi connectivity index (χ0v) is 12.5. The first kappa shape index (κ1) is 17.0. The molecule has 0 aliphatic carbocycles. The summed E-state index contributed by atoms with van der Waals surface area (Å²) >= 11 is 0. The van der Waals surface area contributed by atoms with Gasteiger partial charge in [0.05, 0.1) is 0 Å². The maximum atomic E-state index is 11.7. The summed E-state index contributed by atoms with van der Waals surface area (Å²) in [4.78, 5) is 22.2. The van der Waals surface area contributed by atoms with E-state index in [0.29, 0.717) is 31.2 Å². The molecule has 0 aromatic carbocycles. The second-order valence-electron chi connectivity index (χ2n) is 5.93. The molecule has 0 radical (unpaired) electrons. The van der Waals surface area contributed by atoms with Gasteiger partial charge in [0, 0.05) is 19.4 Å². The van der Waals surface area contributed by atoms with Gasteiger partial charge in [-0.15, -0.1) is 0 Å². The Balaban J connectivity index is 2.00. The molecule has 0 bridgehead atoms. The molecule has 1 aliphatic heterocycles. The number of nitrogens with one attached hydrogen (secondary N) is 2. The van der Waals surface area contributed by atoms with E-state index >= 15 is 0 Å². The number of rotatable bonds is 9. The van der Waals surface area contributed by atoms with Gasteiger partial charge < -0.3 is 15.7 Å². The molecule has 3 N–H and O–H groups in total. The van der Waals surface area contributed by atoms with Gasteiger partial charge in [-0.2, -0.15) is 0 Å². The van der Waals surface area contributed by atoms with E-state index in [1.54, 1.807) is 0 Å². The Hall–Kier alpha value is -1.10. The van der Waals surface area contributed by atoms with Gasteiger partial charge in [-0.25, -0.2) is 0 Å². The summed E-state index contributed by atoms with van der Waals surface area (Å²) in [6.07, 6.45) is 5.76. The minimum Gasteiger partial charge on any atom is -0.481 e. The minimum atomic E-state index is -0.748. The standard InChI is InChI=1S/C15H28N2O3/c1-12(4-7-15(19)20)8-10-17-14(18)6-5-13-3-2-9-16-11-13/h12-13,16H,2-11H2,1H3,(H,17,18)(H,19,20). The SMILES string of the molecule is CC(CCNC(=O)CCC1CCCNC1)CCC(=O)O. The van der Waals surface area contributed by atoms with E-state index < -0.39 is 5.97 Å². The molecule has 1 heterocycles. The van der Waals surface area contributed by atoms with Crippen LogP contribution in [0, 0.1) is 11.8 Å². The van der Waals surface area contributed by atoms with Crippen LogP contribution in [0.2, 0.25) is 0 Å². The summed E-state index contributed by atoms with van der Waals surface area (Å²) in [5.74, 6) is 0.362. The molecule has 1 rings (SSSR count). The van der Waals surface area contributed by atoms with Crippen LogP contribution in [0.3, 0.4) is 0 Å². The van der Waals surface area contributed by atoms with E-state index in [1.807, 2.05) is 6.92 Å². The van der Waals surface area contributed by atoms with Crippen molar-refractivity contribution in [2.45, 2.75) is 51.9 Å². The number of carboxylic acids is 1. The van der Waals surface area contributed by atoms with Crippen molar-refractivity contribution >= 4 is 11.9 Å². The third-order valence-electron chi connectivity index (χ3n) is 3.99. The number of hydrogen-bond donors (Lipinski definition) is 3. The second kappa shape index (κ2) is 9.75. The molecule has 20 heavy (non-hydrogen) atoms. The average Bonchev–Trinajstić information content (AvgIpc) is 2.44. The molecular weight excluding hydrogens is 256 g/mol. The number of carboxylic acid groups (broad SMARTS) is 1. The third kappa shape index (κ3) is 8.15. The van der Waals surface area contributed by atoms with Crippen molar-refractivity contribution in [3.05, 3.63) is 0 Å². The van der Waals surface area contributed by atoms with Gasteiger partial charge in [0.15, 0.2) is 0 Å². The van der Waals surface area contributed by atoms with Gasteiger partial charge >= 0.3 is 5.97 Å². The molecule has 2 atom stereocenters. The van der Waals surface area contributed by atoms with Crippen LogP contribution in [-0.2, 0) is 9.59 Å². The normalized spacial score (nSPS) is 20.4. The van der Waals surface area contributed by atoms with Crippen LogP contribution >= 0.6 is 0 Å². The molecule has 1 aliphatic rings. The molecule has 2 unspecified atom stereocenters. The smallest absolute Gasteiger partial charge is 0.303 e. The maximum Gasteiger partial charge on any atom is 0.303 e. The average molecular weight is 284 g/mol. The molecule has 5 nitrogen and oxygen atoms in total. The topological polar surface area (TPSA) is 78.4 Å². The van der Waals surface area contributed by atoms with Crippen molar-refractivity contribution < 1.29 is 14.7 Å². The lowest BCUT2D eigenvalue weighted by atomic mass is 9.94. The van der Waals surface area contributed by atoms with Crippen LogP contribution in [0.1, 0.15) is 51.9 Å². The van der Waals surface area contributed by atoms with E-state index in [9.17, 15) is 9.59 Å². The maximum absolute atomic E-state index is 11.7. The number of carbonyl (C=O) groups excluding carboxylic acids is 1. The van der Waals surface area contributed by atoms with Crippen molar-refractivity contribution in [3.63, 3.8) is 0 Å². The van der Waals surface area contributed by atoms with Gasteiger partial charge in [-0.05, 0) is 57.0 Å². The largest absolute Gasteiger partial charge is 0.481 e. The van der Waals surface area contributed by atoms with E-state index in [1.165, 1.54) is 12.8 Å². The predicted octanol–water partition coefficient (Wildman–Crippen LogP) is 1.77. The first-order valence-electron chi connectivity index (χ1n) is 7.77. The summed E-state index contributed by atoms with van der Waals surface area (Å²) in [6.45, 7) is 4.84. The van der Waals surface area contributed by atoms with Crippen molar-refractivity contribution in [2.75, 3.05) is 19.6 Å². The van der Waals surface area contributed by atoms with E-state index in [2.05, 4.69) is 10.6 Å². The molecular formula is C15H28N2O3. The van der Waals surface area contributed by atoms with Crippen molar-refractivity contribution in [2.24, 2.45) is 11.8 Å². The highest BCUT2D eigenvalue weighted by Crippen LogP contribution is 2.15. The van der Waals surface area contributed by atoms with Crippen molar-refractivity contribution in [1.29, 1.82) is 0 Å². The number of carbonyl (C=O) groups is 2. The van der Waals surface area contributed by atoms with E-state index in [0.717, 1.165) is 25.9 Å². The van der Waals surface area contributed by atoms with E-state index in [-0.39, 0.29) is 12.3 Å². The Morgan fingerprint density at radius 3 is 2.80 bits per heavy atom.